The Morgan fingerprint density at radius 1 is 1.62 bits per heavy atom. The molecule has 1 unspecified atom stereocenters. The summed E-state index contributed by atoms with van der Waals surface area (Å²) in [5, 5.41) is 18.2. The van der Waals surface area contributed by atoms with E-state index in [1.807, 2.05) is 6.92 Å². The monoisotopic (exact) mass is 217 g/mol. The van der Waals surface area contributed by atoms with Gasteiger partial charge in [-0.1, -0.05) is 0 Å². The maximum absolute atomic E-state index is 9.26. The number of hydrogen-bond donors (Lipinski definition) is 1. The number of hydrogen-bond acceptors (Lipinski definition) is 4. The second-order valence-electron chi connectivity index (χ2n) is 4.14. The van der Waals surface area contributed by atoms with E-state index in [-0.39, 0.29) is 12.6 Å². The molecule has 0 aromatic carbocycles. The SMILES string of the molecule is Cc1cc(C#N)cc(N2CCCC2CO)n1. The molecule has 0 amide bonds. The van der Waals surface area contributed by atoms with Crippen molar-refractivity contribution in [1.29, 1.82) is 5.26 Å². The highest BCUT2D eigenvalue weighted by molar-refractivity contribution is 5.48. The Hall–Kier alpha value is -1.60. The lowest BCUT2D eigenvalue weighted by Crippen LogP contribution is -2.32. The molecule has 1 aromatic heterocycles. The highest BCUT2D eigenvalue weighted by Crippen LogP contribution is 2.24. The third-order valence-corrected chi connectivity index (χ3v) is 2.95. The summed E-state index contributed by atoms with van der Waals surface area (Å²) < 4.78 is 0. The molecule has 16 heavy (non-hydrogen) atoms. The summed E-state index contributed by atoms with van der Waals surface area (Å²) in [5.74, 6) is 0.813. The molecule has 4 nitrogen and oxygen atoms in total. The number of aryl methyl sites for hydroxylation is 1. The van der Waals surface area contributed by atoms with Crippen LogP contribution in [0.5, 0.6) is 0 Å². The number of rotatable bonds is 2. The zero-order valence-corrected chi connectivity index (χ0v) is 9.35. The third-order valence-electron chi connectivity index (χ3n) is 2.95. The molecule has 0 bridgehead atoms. The summed E-state index contributed by atoms with van der Waals surface area (Å²) >= 11 is 0. The van der Waals surface area contributed by atoms with Gasteiger partial charge in [0.2, 0.25) is 0 Å². The largest absolute Gasteiger partial charge is 0.394 e. The first-order chi connectivity index (χ1) is 7.74. The summed E-state index contributed by atoms with van der Waals surface area (Å²) in [4.78, 5) is 6.52. The molecule has 2 rings (SSSR count). The van der Waals surface area contributed by atoms with Crippen LogP contribution in [0.2, 0.25) is 0 Å². The first kappa shape index (κ1) is 10.9. The van der Waals surface area contributed by atoms with Crippen molar-refractivity contribution in [2.75, 3.05) is 18.1 Å². The molecule has 2 heterocycles. The molecule has 0 spiro atoms. The van der Waals surface area contributed by atoms with Crippen molar-refractivity contribution in [2.45, 2.75) is 25.8 Å². The molecular weight excluding hydrogens is 202 g/mol. The van der Waals surface area contributed by atoms with Crippen molar-refractivity contribution >= 4 is 5.82 Å². The second-order valence-corrected chi connectivity index (χ2v) is 4.14. The molecular formula is C12H15N3O. The van der Waals surface area contributed by atoms with E-state index in [9.17, 15) is 5.11 Å². The Kier molecular flexibility index (Phi) is 3.07. The van der Waals surface area contributed by atoms with Crippen LogP contribution in [0.4, 0.5) is 5.82 Å². The van der Waals surface area contributed by atoms with Gasteiger partial charge in [0.25, 0.3) is 0 Å². The van der Waals surface area contributed by atoms with Crippen LogP contribution >= 0.6 is 0 Å². The lowest BCUT2D eigenvalue weighted by atomic mass is 10.2. The van der Waals surface area contributed by atoms with E-state index in [0.29, 0.717) is 5.56 Å². The predicted octanol–water partition coefficient (Wildman–Crippen LogP) is 1.22. The van der Waals surface area contributed by atoms with Gasteiger partial charge >= 0.3 is 0 Å². The number of pyridine rings is 1. The number of anilines is 1. The van der Waals surface area contributed by atoms with Gasteiger partial charge in [-0.05, 0) is 31.9 Å². The maximum Gasteiger partial charge on any atom is 0.130 e. The van der Waals surface area contributed by atoms with E-state index >= 15 is 0 Å². The van der Waals surface area contributed by atoms with Crippen LogP contribution in [0.15, 0.2) is 12.1 Å². The Morgan fingerprint density at radius 3 is 3.12 bits per heavy atom. The number of nitriles is 1. The average molecular weight is 217 g/mol. The molecule has 0 saturated carbocycles. The number of aromatic nitrogens is 1. The van der Waals surface area contributed by atoms with Gasteiger partial charge in [-0.2, -0.15) is 5.26 Å². The molecule has 0 aliphatic carbocycles. The molecule has 84 valence electrons. The zero-order chi connectivity index (χ0) is 11.5. The topological polar surface area (TPSA) is 60.2 Å². The van der Waals surface area contributed by atoms with Gasteiger partial charge in [-0.15, -0.1) is 0 Å². The van der Waals surface area contributed by atoms with Crippen LogP contribution in [0.25, 0.3) is 0 Å². The predicted molar refractivity (Wildman–Crippen MR) is 61.1 cm³/mol. The third kappa shape index (κ3) is 2.00. The van der Waals surface area contributed by atoms with Gasteiger partial charge in [0.05, 0.1) is 24.3 Å². The smallest absolute Gasteiger partial charge is 0.130 e. The van der Waals surface area contributed by atoms with Crippen LogP contribution in [-0.2, 0) is 0 Å². The molecule has 4 heteroatoms. The van der Waals surface area contributed by atoms with Gasteiger partial charge in [-0.3, -0.25) is 0 Å². The van der Waals surface area contributed by atoms with E-state index in [1.165, 1.54) is 0 Å². The molecule has 1 aliphatic heterocycles. The zero-order valence-electron chi connectivity index (χ0n) is 9.35. The molecule has 1 atom stereocenters. The van der Waals surface area contributed by atoms with Crippen molar-refractivity contribution in [2.24, 2.45) is 0 Å². The lowest BCUT2D eigenvalue weighted by molar-refractivity contribution is 0.266. The quantitative estimate of drug-likeness (QED) is 0.809. The summed E-state index contributed by atoms with van der Waals surface area (Å²) in [6.45, 7) is 2.94. The first-order valence-electron chi connectivity index (χ1n) is 5.51. The lowest BCUT2D eigenvalue weighted by Gasteiger charge is -2.24. The number of nitrogens with zero attached hydrogens (tertiary/aromatic N) is 3. The highest BCUT2D eigenvalue weighted by Gasteiger charge is 2.25. The average Bonchev–Trinajstić information content (AvgIpc) is 2.76. The second kappa shape index (κ2) is 4.50. The summed E-state index contributed by atoms with van der Waals surface area (Å²) in [6.07, 6.45) is 2.07. The van der Waals surface area contributed by atoms with Crippen LogP contribution < -0.4 is 4.90 Å². The van der Waals surface area contributed by atoms with Gasteiger partial charge in [-0.25, -0.2) is 4.98 Å². The molecule has 1 saturated heterocycles. The Balaban J connectivity index is 2.33. The summed E-state index contributed by atoms with van der Waals surface area (Å²) in [7, 11) is 0. The molecule has 1 aromatic rings. The standard InChI is InChI=1S/C12H15N3O/c1-9-5-10(7-13)6-12(14-9)15-4-2-3-11(15)8-16/h5-6,11,16H,2-4,8H2,1H3. The fourth-order valence-corrected chi connectivity index (χ4v) is 2.19. The fourth-order valence-electron chi connectivity index (χ4n) is 2.19. The maximum atomic E-state index is 9.26. The first-order valence-corrected chi connectivity index (χ1v) is 5.51. The molecule has 0 radical (unpaired) electrons. The molecule has 1 aliphatic rings. The highest BCUT2D eigenvalue weighted by atomic mass is 16.3. The van der Waals surface area contributed by atoms with E-state index in [4.69, 9.17) is 5.26 Å². The van der Waals surface area contributed by atoms with E-state index < -0.39 is 0 Å². The van der Waals surface area contributed by atoms with E-state index in [0.717, 1.165) is 30.9 Å². The van der Waals surface area contributed by atoms with Crippen LogP contribution in [-0.4, -0.2) is 29.3 Å². The van der Waals surface area contributed by atoms with Gasteiger partial charge in [0.15, 0.2) is 0 Å². The van der Waals surface area contributed by atoms with Crippen molar-refractivity contribution in [3.63, 3.8) is 0 Å². The Labute approximate surface area is 95.1 Å². The van der Waals surface area contributed by atoms with E-state index in [1.54, 1.807) is 12.1 Å². The minimum Gasteiger partial charge on any atom is -0.394 e. The Morgan fingerprint density at radius 2 is 2.44 bits per heavy atom. The minimum absolute atomic E-state index is 0.150. The van der Waals surface area contributed by atoms with Crippen LogP contribution in [0, 0.1) is 18.3 Å². The van der Waals surface area contributed by atoms with E-state index in [2.05, 4.69) is 16.0 Å². The van der Waals surface area contributed by atoms with Gasteiger partial charge in [0, 0.05) is 12.2 Å². The normalized spacial score (nSPS) is 19.8. The number of aliphatic hydroxyl groups is 1. The van der Waals surface area contributed by atoms with Crippen molar-refractivity contribution in [1.82, 2.24) is 4.98 Å². The molecule has 1 N–H and O–H groups in total. The number of aliphatic hydroxyl groups excluding tert-OH is 1. The van der Waals surface area contributed by atoms with Crippen LogP contribution in [0.3, 0.4) is 0 Å². The Bertz CT molecular complexity index is 425. The molecule has 1 fully saturated rings. The minimum atomic E-state index is 0.150. The van der Waals surface area contributed by atoms with Crippen molar-refractivity contribution in [3.05, 3.63) is 23.4 Å². The van der Waals surface area contributed by atoms with Crippen molar-refractivity contribution in [3.8, 4) is 6.07 Å². The van der Waals surface area contributed by atoms with Crippen molar-refractivity contribution < 1.29 is 5.11 Å². The summed E-state index contributed by atoms with van der Waals surface area (Å²) in [5.41, 5.74) is 1.48. The van der Waals surface area contributed by atoms with Crippen LogP contribution in [0.1, 0.15) is 24.1 Å². The van der Waals surface area contributed by atoms with Gasteiger partial charge < -0.3 is 10.0 Å². The summed E-state index contributed by atoms with van der Waals surface area (Å²) in [6, 6.07) is 5.85. The fraction of sp³-hybridized carbons (Fsp3) is 0.500. The van der Waals surface area contributed by atoms with Gasteiger partial charge in [0.1, 0.15) is 5.82 Å².